The lowest BCUT2D eigenvalue weighted by atomic mass is 10.1. The van der Waals surface area contributed by atoms with Crippen LogP contribution in [0, 0.1) is 0 Å². The van der Waals surface area contributed by atoms with E-state index in [2.05, 4.69) is 35.2 Å². The molecule has 1 fully saturated rings. The van der Waals surface area contributed by atoms with Crippen LogP contribution in [0.3, 0.4) is 0 Å². The fourth-order valence-corrected chi connectivity index (χ4v) is 4.51. The van der Waals surface area contributed by atoms with Crippen molar-refractivity contribution in [3.63, 3.8) is 0 Å². The highest BCUT2D eigenvalue weighted by molar-refractivity contribution is 5.94. The van der Waals surface area contributed by atoms with E-state index in [-0.39, 0.29) is 13.3 Å². The summed E-state index contributed by atoms with van der Waals surface area (Å²) < 4.78 is 2.15. The van der Waals surface area contributed by atoms with Crippen molar-refractivity contribution in [2.75, 3.05) is 44.6 Å². The molecule has 0 bridgehead atoms. The molecule has 0 atom stereocenters. The van der Waals surface area contributed by atoms with E-state index in [1.807, 2.05) is 24.0 Å². The van der Waals surface area contributed by atoms with Crippen molar-refractivity contribution in [1.82, 2.24) is 24.3 Å². The van der Waals surface area contributed by atoms with Crippen molar-refractivity contribution in [2.45, 2.75) is 86.1 Å². The summed E-state index contributed by atoms with van der Waals surface area (Å²) >= 11 is 0. The number of nitrogens with zero attached hydrogens (tertiary/aromatic N) is 5. The van der Waals surface area contributed by atoms with E-state index in [1.54, 1.807) is 0 Å². The van der Waals surface area contributed by atoms with E-state index in [0.29, 0.717) is 12.2 Å². The van der Waals surface area contributed by atoms with Gasteiger partial charge in [-0.15, -0.1) is 0 Å². The van der Waals surface area contributed by atoms with Gasteiger partial charge in [0, 0.05) is 26.2 Å². The number of piperidine rings is 1. The Kier molecular flexibility index (Phi) is 12.2. The van der Waals surface area contributed by atoms with Crippen molar-refractivity contribution >= 4 is 23.0 Å². The van der Waals surface area contributed by atoms with Gasteiger partial charge in [-0.05, 0) is 70.8 Å². The van der Waals surface area contributed by atoms with Gasteiger partial charge in [0.25, 0.3) is 5.91 Å². The Bertz CT molecular complexity index is 923. The summed E-state index contributed by atoms with van der Waals surface area (Å²) in [5.41, 5.74) is 3.19. The summed E-state index contributed by atoms with van der Waals surface area (Å²) in [6, 6.07) is 3.78. The molecule has 0 aromatic carbocycles. The molecule has 1 aliphatic heterocycles. The second-order valence-electron chi connectivity index (χ2n) is 9.69. The van der Waals surface area contributed by atoms with Gasteiger partial charge >= 0.3 is 0 Å². The highest BCUT2D eigenvalue weighted by Gasteiger charge is 2.20. The quantitative estimate of drug-likeness (QED) is 0.334. The number of nitrogens with one attached hydrogen (secondary N) is 1. The number of anilines is 1. The van der Waals surface area contributed by atoms with Gasteiger partial charge in [-0.1, -0.05) is 52.7 Å². The van der Waals surface area contributed by atoms with Crippen molar-refractivity contribution in [1.29, 1.82) is 0 Å². The number of imidazole rings is 1. The van der Waals surface area contributed by atoms with Crippen molar-refractivity contribution in [2.24, 2.45) is 0 Å². The molecule has 2 aromatic heterocycles. The normalized spacial score (nSPS) is 14.0. The van der Waals surface area contributed by atoms with Gasteiger partial charge in [-0.2, -0.15) is 0 Å². The summed E-state index contributed by atoms with van der Waals surface area (Å²) in [5, 5.41) is 3.42. The van der Waals surface area contributed by atoms with Crippen LogP contribution in [0.25, 0.3) is 11.2 Å². The number of hydrogen-bond acceptors (Lipinski definition) is 5. The van der Waals surface area contributed by atoms with Crippen LogP contribution in [0.15, 0.2) is 24.3 Å². The van der Waals surface area contributed by atoms with Crippen LogP contribution < -0.4 is 5.32 Å². The monoisotopic (exact) mass is 484 g/mol. The number of aromatic nitrogens is 3. The molecule has 1 N–H and O–H groups in total. The number of rotatable bonds is 14. The molecule has 1 aliphatic rings. The molecule has 0 spiro atoms. The molecule has 7 nitrogen and oxygen atoms in total. The lowest BCUT2D eigenvalue weighted by Crippen LogP contribution is -2.33. The number of unbranched alkanes of at least 4 members (excludes halogenated alkanes) is 2. The minimum atomic E-state index is 0. The van der Waals surface area contributed by atoms with Crippen molar-refractivity contribution < 1.29 is 4.79 Å². The van der Waals surface area contributed by atoms with E-state index >= 15 is 0 Å². The molecule has 3 heterocycles. The van der Waals surface area contributed by atoms with E-state index in [0.717, 1.165) is 81.0 Å². The molecular formula is C28H48N6O. The van der Waals surface area contributed by atoms with Gasteiger partial charge < -0.3 is 15.1 Å². The minimum absolute atomic E-state index is 0. The Morgan fingerprint density at radius 1 is 1.03 bits per heavy atom. The Morgan fingerprint density at radius 2 is 1.71 bits per heavy atom. The maximum absolute atomic E-state index is 13.4. The van der Waals surface area contributed by atoms with Crippen LogP contribution in [0.5, 0.6) is 0 Å². The average molecular weight is 485 g/mol. The third-order valence-corrected chi connectivity index (χ3v) is 6.51. The molecule has 1 saturated heterocycles. The van der Waals surface area contributed by atoms with Crippen molar-refractivity contribution in [3.8, 4) is 0 Å². The predicted octanol–water partition coefficient (Wildman–Crippen LogP) is 5.97. The van der Waals surface area contributed by atoms with Gasteiger partial charge in [-0.3, -0.25) is 9.36 Å². The lowest BCUT2D eigenvalue weighted by molar-refractivity contribution is 0.0745. The molecule has 35 heavy (non-hydrogen) atoms. The second-order valence-corrected chi connectivity index (χ2v) is 9.69. The molecule has 0 unspecified atom stereocenters. The first-order valence-corrected chi connectivity index (χ1v) is 13.3. The second kappa shape index (κ2) is 14.9. The number of amides is 1. The van der Waals surface area contributed by atoms with Crippen LogP contribution >= 0.6 is 0 Å². The molecule has 196 valence electrons. The summed E-state index contributed by atoms with van der Waals surface area (Å²) in [4.78, 5) is 27.5. The smallest absolute Gasteiger partial charge is 0.272 e. The summed E-state index contributed by atoms with van der Waals surface area (Å²) in [6.45, 7) is 16.9. The number of carbonyl (C=O) groups excluding carboxylic acids is 1. The maximum Gasteiger partial charge on any atom is 0.272 e. The van der Waals surface area contributed by atoms with Crippen LogP contribution in [0.1, 0.15) is 90.1 Å². The lowest BCUT2D eigenvalue weighted by Gasteiger charge is -2.26. The van der Waals surface area contributed by atoms with Gasteiger partial charge in [-0.25, -0.2) is 9.97 Å². The molecule has 7 heteroatoms. The Labute approximate surface area is 213 Å². The minimum Gasteiger partial charge on any atom is -0.352 e. The standard InChI is InChI=1S/C27H44N6O.CH4/c1-5-7-18-32(19-8-6-2)26(34)24-14-13-23-25(29-24)33(27(30-23)28-21-22(3)4)20-12-17-31-15-10-9-11-16-31;/h13-14H,3,5-12,15-21H2,1-2,4H3,(H,28,30);1H4. The number of hydrogen-bond donors (Lipinski definition) is 1. The summed E-state index contributed by atoms with van der Waals surface area (Å²) in [7, 11) is 0. The first-order valence-electron chi connectivity index (χ1n) is 13.3. The third kappa shape index (κ3) is 8.34. The topological polar surface area (TPSA) is 66.3 Å². The van der Waals surface area contributed by atoms with Crippen LogP contribution in [0.4, 0.5) is 5.95 Å². The van der Waals surface area contributed by atoms with E-state index < -0.39 is 0 Å². The molecule has 0 aliphatic carbocycles. The van der Waals surface area contributed by atoms with E-state index in [1.165, 1.54) is 32.4 Å². The molecule has 3 rings (SSSR count). The molecular weight excluding hydrogens is 436 g/mol. The van der Waals surface area contributed by atoms with E-state index in [9.17, 15) is 4.79 Å². The zero-order valence-corrected chi connectivity index (χ0v) is 21.6. The first kappa shape index (κ1) is 28.8. The number of carbonyl (C=O) groups is 1. The molecule has 0 saturated carbocycles. The molecule has 0 radical (unpaired) electrons. The summed E-state index contributed by atoms with van der Waals surface area (Å²) in [6.07, 6.45) is 9.17. The maximum atomic E-state index is 13.4. The fourth-order valence-electron chi connectivity index (χ4n) is 4.51. The number of pyridine rings is 1. The number of likely N-dealkylation sites (tertiary alicyclic amines) is 1. The average Bonchev–Trinajstić information content (AvgIpc) is 3.20. The van der Waals surface area contributed by atoms with Gasteiger partial charge in [0.05, 0.1) is 0 Å². The third-order valence-electron chi connectivity index (χ3n) is 6.51. The Hall–Kier alpha value is -2.41. The van der Waals surface area contributed by atoms with Crippen LogP contribution in [-0.2, 0) is 6.54 Å². The number of aryl methyl sites for hydroxylation is 1. The Morgan fingerprint density at radius 3 is 2.34 bits per heavy atom. The highest BCUT2D eigenvalue weighted by Crippen LogP contribution is 2.21. The van der Waals surface area contributed by atoms with Gasteiger partial charge in [0.1, 0.15) is 11.2 Å². The van der Waals surface area contributed by atoms with Gasteiger partial charge in [0.15, 0.2) is 5.65 Å². The highest BCUT2D eigenvalue weighted by atomic mass is 16.2. The SMILES string of the molecule is C.C=C(C)CNc1nc2ccc(C(=O)N(CCCC)CCCC)nc2n1CCCN1CCCCC1. The zero-order valence-electron chi connectivity index (χ0n) is 21.6. The fraction of sp³-hybridized carbons (Fsp3) is 0.679. The van der Waals surface area contributed by atoms with E-state index in [4.69, 9.17) is 9.97 Å². The Balaban J connectivity index is 0.00000432. The molecule has 2 aromatic rings. The zero-order chi connectivity index (χ0) is 24.3. The summed E-state index contributed by atoms with van der Waals surface area (Å²) in [5.74, 6) is 0.837. The predicted molar refractivity (Wildman–Crippen MR) is 148 cm³/mol. The molecule has 1 amide bonds. The largest absolute Gasteiger partial charge is 0.352 e. The van der Waals surface area contributed by atoms with Crippen molar-refractivity contribution in [3.05, 3.63) is 30.0 Å². The van der Waals surface area contributed by atoms with Gasteiger partial charge in [0.2, 0.25) is 5.95 Å². The first-order chi connectivity index (χ1) is 16.5. The van der Waals surface area contributed by atoms with Crippen LogP contribution in [-0.4, -0.2) is 69.5 Å². The number of fused-ring (bicyclic) bond motifs is 1. The van der Waals surface area contributed by atoms with Crippen LogP contribution in [0.2, 0.25) is 0 Å².